The third-order valence-electron chi connectivity index (χ3n) is 2.39. The Morgan fingerprint density at radius 2 is 2.15 bits per heavy atom. The van der Waals surface area contributed by atoms with Crippen LogP contribution in [0, 0.1) is 10.1 Å². The van der Waals surface area contributed by atoms with Crippen LogP contribution in [0.1, 0.15) is 0 Å². The predicted molar refractivity (Wildman–Crippen MR) is 69.0 cm³/mol. The molecular formula is C10H10N4O5S. The number of anilines is 1. The van der Waals surface area contributed by atoms with Gasteiger partial charge in [0.05, 0.1) is 23.9 Å². The van der Waals surface area contributed by atoms with Crippen LogP contribution in [0.4, 0.5) is 11.4 Å². The standard InChI is InChI=1S/C10H10N4O5S/c1-19-9-3-2-7(6-8(9)14(15)16)13-20(17,18)10-4-5-11-12-10/h2-6,13H,1H3,(H,11,12). The first-order valence-corrected chi connectivity index (χ1v) is 6.77. The van der Waals surface area contributed by atoms with Crippen molar-refractivity contribution < 1.29 is 18.1 Å². The molecule has 0 saturated heterocycles. The number of nitrogens with zero attached hydrogens (tertiary/aromatic N) is 2. The molecule has 1 aromatic carbocycles. The van der Waals surface area contributed by atoms with Gasteiger partial charge < -0.3 is 4.74 Å². The molecule has 106 valence electrons. The maximum atomic E-state index is 11.9. The molecule has 1 aromatic heterocycles. The Kier molecular flexibility index (Phi) is 3.57. The number of benzene rings is 1. The van der Waals surface area contributed by atoms with Gasteiger partial charge in [-0.2, -0.15) is 13.5 Å². The molecule has 2 aromatic rings. The number of nitrogens with one attached hydrogen (secondary N) is 2. The van der Waals surface area contributed by atoms with Crippen LogP contribution in [0.15, 0.2) is 35.5 Å². The van der Waals surface area contributed by atoms with Gasteiger partial charge in [-0.25, -0.2) is 0 Å². The number of sulfonamides is 1. The molecule has 0 saturated carbocycles. The first kappa shape index (κ1) is 13.8. The van der Waals surface area contributed by atoms with Gasteiger partial charge >= 0.3 is 5.69 Å². The second kappa shape index (κ2) is 5.17. The molecule has 0 bridgehead atoms. The van der Waals surface area contributed by atoms with Crippen LogP contribution >= 0.6 is 0 Å². The smallest absolute Gasteiger partial charge is 0.312 e. The largest absolute Gasteiger partial charge is 0.490 e. The van der Waals surface area contributed by atoms with Crippen LogP contribution in [0.3, 0.4) is 0 Å². The molecule has 0 aliphatic heterocycles. The van der Waals surface area contributed by atoms with Gasteiger partial charge in [0.25, 0.3) is 10.0 Å². The molecule has 20 heavy (non-hydrogen) atoms. The van der Waals surface area contributed by atoms with Crippen molar-refractivity contribution in [2.24, 2.45) is 0 Å². The highest BCUT2D eigenvalue weighted by atomic mass is 32.2. The average Bonchev–Trinajstić information content (AvgIpc) is 2.92. The quantitative estimate of drug-likeness (QED) is 0.629. The average molecular weight is 298 g/mol. The Hall–Kier alpha value is -2.62. The summed E-state index contributed by atoms with van der Waals surface area (Å²) in [6, 6.07) is 5.01. The van der Waals surface area contributed by atoms with Crippen molar-refractivity contribution in [3.05, 3.63) is 40.6 Å². The van der Waals surface area contributed by atoms with Gasteiger partial charge in [-0.1, -0.05) is 0 Å². The number of aromatic amines is 1. The van der Waals surface area contributed by atoms with E-state index in [2.05, 4.69) is 14.9 Å². The van der Waals surface area contributed by atoms with Gasteiger partial charge in [0, 0.05) is 6.07 Å². The van der Waals surface area contributed by atoms with E-state index in [0.717, 1.165) is 6.07 Å². The lowest BCUT2D eigenvalue weighted by Gasteiger charge is -2.07. The minimum atomic E-state index is -3.86. The molecular weight excluding hydrogens is 288 g/mol. The molecule has 0 unspecified atom stereocenters. The van der Waals surface area contributed by atoms with Gasteiger partial charge in [-0.05, 0) is 18.2 Å². The minimum absolute atomic E-state index is 0.0412. The van der Waals surface area contributed by atoms with Crippen molar-refractivity contribution in [1.29, 1.82) is 0 Å². The topological polar surface area (TPSA) is 127 Å². The maximum Gasteiger partial charge on any atom is 0.312 e. The zero-order valence-corrected chi connectivity index (χ0v) is 11.0. The number of nitro benzene ring substituents is 1. The minimum Gasteiger partial charge on any atom is -0.490 e. The third kappa shape index (κ3) is 2.69. The van der Waals surface area contributed by atoms with E-state index in [0.29, 0.717) is 0 Å². The molecule has 0 fully saturated rings. The van der Waals surface area contributed by atoms with Crippen molar-refractivity contribution in [1.82, 2.24) is 10.2 Å². The van der Waals surface area contributed by atoms with Gasteiger partial charge in [-0.15, -0.1) is 0 Å². The molecule has 0 aliphatic rings. The summed E-state index contributed by atoms with van der Waals surface area (Å²) in [6.07, 6.45) is 1.28. The predicted octanol–water partition coefficient (Wildman–Crippen LogP) is 1.13. The summed E-state index contributed by atoms with van der Waals surface area (Å²) in [7, 11) is -2.58. The summed E-state index contributed by atoms with van der Waals surface area (Å²) in [4.78, 5) is 10.2. The molecule has 0 spiro atoms. The summed E-state index contributed by atoms with van der Waals surface area (Å²) in [5, 5.41) is 16.5. The zero-order valence-electron chi connectivity index (χ0n) is 10.2. The summed E-state index contributed by atoms with van der Waals surface area (Å²) in [5.74, 6) is 0.0412. The van der Waals surface area contributed by atoms with Gasteiger partial charge in [0.15, 0.2) is 10.8 Å². The Balaban J connectivity index is 2.36. The second-order valence-corrected chi connectivity index (χ2v) is 5.32. The number of hydrogen-bond donors (Lipinski definition) is 2. The highest BCUT2D eigenvalue weighted by Crippen LogP contribution is 2.30. The first-order valence-electron chi connectivity index (χ1n) is 5.28. The Morgan fingerprint density at radius 3 is 2.70 bits per heavy atom. The van der Waals surface area contributed by atoms with E-state index in [1.165, 1.54) is 31.5 Å². The van der Waals surface area contributed by atoms with Crippen molar-refractivity contribution in [3.8, 4) is 5.75 Å². The summed E-state index contributed by atoms with van der Waals surface area (Å²) >= 11 is 0. The van der Waals surface area contributed by atoms with E-state index < -0.39 is 14.9 Å². The number of hydrogen-bond acceptors (Lipinski definition) is 6. The molecule has 0 amide bonds. The maximum absolute atomic E-state index is 11.9. The molecule has 10 heteroatoms. The summed E-state index contributed by atoms with van der Waals surface area (Å²) < 4.78 is 30.9. The normalized spacial score (nSPS) is 11.1. The van der Waals surface area contributed by atoms with E-state index in [1.54, 1.807) is 0 Å². The Bertz CT molecular complexity index is 726. The monoisotopic (exact) mass is 298 g/mol. The molecule has 2 rings (SSSR count). The van der Waals surface area contributed by atoms with Crippen molar-refractivity contribution in [2.45, 2.75) is 5.03 Å². The number of nitro groups is 1. The van der Waals surface area contributed by atoms with E-state index in [1.807, 2.05) is 0 Å². The Labute approximate surface area is 113 Å². The fourth-order valence-electron chi connectivity index (χ4n) is 1.50. The lowest BCUT2D eigenvalue weighted by molar-refractivity contribution is -0.385. The highest BCUT2D eigenvalue weighted by Gasteiger charge is 2.19. The zero-order chi connectivity index (χ0) is 14.8. The number of H-pyrrole nitrogens is 1. The molecule has 2 N–H and O–H groups in total. The van der Waals surface area contributed by atoms with E-state index >= 15 is 0 Å². The number of rotatable bonds is 5. The summed E-state index contributed by atoms with van der Waals surface area (Å²) in [6.45, 7) is 0. The Morgan fingerprint density at radius 1 is 1.40 bits per heavy atom. The van der Waals surface area contributed by atoms with Crippen molar-refractivity contribution >= 4 is 21.4 Å². The fraction of sp³-hybridized carbons (Fsp3) is 0.100. The number of aromatic nitrogens is 2. The lowest BCUT2D eigenvalue weighted by Crippen LogP contribution is -2.13. The van der Waals surface area contributed by atoms with Crippen molar-refractivity contribution in [2.75, 3.05) is 11.8 Å². The van der Waals surface area contributed by atoms with Crippen LogP contribution in [0.5, 0.6) is 5.75 Å². The number of ether oxygens (including phenoxy) is 1. The SMILES string of the molecule is COc1ccc(NS(=O)(=O)c2ccn[nH]2)cc1[N+](=O)[O-]. The van der Waals surface area contributed by atoms with Crippen LogP contribution in [-0.4, -0.2) is 30.6 Å². The molecule has 9 nitrogen and oxygen atoms in total. The van der Waals surface area contributed by atoms with Gasteiger partial charge in [0.1, 0.15) is 0 Å². The van der Waals surface area contributed by atoms with Crippen LogP contribution < -0.4 is 9.46 Å². The summed E-state index contributed by atoms with van der Waals surface area (Å²) in [5.41, 5.74) is -0.288. The van der Waals surface area contributed by atoms with E-state index in [-0.39, 0.29) is 22.2 Å². The van der Waals surface area contributed by atoms with Crippen molar-refractivity contribution in [3.63, 3.8) is 0 Å². The first-order chi connectivity index (χ1) is 9.44. The van der Waals surface area contributed by atoms with E-state index in [4.69, 9.17) is 4.74 Å². The van der Waals surface area contributed by atoms with Crippen LogP contribution in [0.25, 0.3) is 0 Å². The second-order valence-electron chi connectivity index (χ2n) is 3.67. The molecule has 0 radical (unpaired) electrons. The highest BCUT2D eigenvalue weighted by molar-refractivity contribution is 7.92. The number of methoxy groups -OCH3 is 1. The molecule has 0 aliphatic carbocycles. The molecule has 0 atom stereocenters. The fourth-order valence-corrected chi connectivity index (χ4v) is 2.46. The van der Waals surface area contributed by atoms with Crippen LogP contribution in [-0.2, 0) is 10.0 Å². The van der Waals surface area contributed by atoms with Gasteiger partial charge in [0.2, 0.25) is 0 Å². The third-order valence-corrected chi connectivity index (χ3v) is 3.70. The lowest BCUT2D eigenvalue weighted by atomic mass is 10.2. The van der Waals surface area contributed by atoms with E-state index in [9.17, 15) is 18.5 Å². The van der Waals surface area contributed by atoms with Crippen LogP contribution in [0.2, 0.25) is 0 Å². The van der Waals surface area contributed by atoms with Gasteiger partial charge in [-0.3, -0.25) is 19.9 Å². The molecule has 1 heterocycles.